The first-order valence-electron chi connectivity index (χ1n) is 5.89. The summed E-state index contributed by atoms with van der Waals surface area (Å²) < 4.78 is 1.86. The van der Waals surface area contributed by atoms with Crippen LogP contribution in [0.5, 0.6) is 0 Å². The van der Waals surface area contributed by atoms with Crippen LogP contribution in [-0.2, 0) is 0 Å². The van der Waals surface area contributed by atoms with E-state index in [9.17, 15) is 0 Å². The van der Waals surface area contributed by atoms with Crippen molar-refractivity contribution < 1.29 is 0 Å². The SMILES string of the molecule is Cc1ccn2nc(C3CCCCN3)nc2c1. The Bertz CT molecular complexity index is 497. The summed E-state index contributed by atoms with van der Waals surface area (Å²) in [7, 11) is 0. The minimum Gasteiger partial charge on any atom is -0.307 e. The first kappa shape index (κ1) is 9.78. The van der Waals surface area contributed by atoms with Crippen molar-refractivity contribution in [3.63, 3.8) is 0 Å². The monoisotopic (exact) mass is 216 g/mol. The third kappa shape index (κ3) is 1.69. The van der Waals surface area contributed by atoms with Crippen LogP contribution in [-0.4, -0.2) is 21.1 Å². The molecule has 84 valence electrons. The van der Waals surface area contributed by atoms with Gasteiger partial charge in [0.15, 0.2) is 11.5 Å². The summed E-state index contributed by atoms with van der Waals surface area (Å²) in [5, 5.41) is 7.99. The maximum Gasteiger partial charge on any atom is 0.168 e. The second kappa shape index (κ2) is 3.87. The van der Waals surface area contributed by atoms with Crippen LogP contribution in [0.1, 0.15) is 36.7 Å². The minimum atomic E-state index is 0.342. The predicted molar refractivity (Wildman–Crippen MR) is 62.3 cm³/mol. The summed E-state index contributed by atoms with van der Waals surface area (Å²) in [6, 6.07) is 4.47. The summed E-state index contributed by atoms with van der Waals surface area (Å²) >= 11 is 0. The highest BCUT2D eigenvalue weighted by Crippen LogP contribution is 2.20. The molecule has 1 N–H and O–H groups in total. The lowest BCUT2D eigenvalue weighted by atomic mass is 10.0. The molecule has 0 bridgehead atoms. The zero-order valence-electron chi connectivity index (χ0n) is 9.48. The van der Waals surface area contributed by atoms with Gasteiger partial charge in [0.2, 0.25) is 0 Å². The fraction of sp³-hybridized carbons (Fsp3) is 0.500. The molecule has 3 heterocycles. The summed E-state index contributed by atoms with van der Waals surface area (Å²) in [5.41, 5.74) is 2.17. The van der Waals surface area contributed by atoms with Gasteiger partial charge in [-0.2, -0.15) is 0 Å². The van der Waals surface area contributed by atoms with Crippen molar-refractivity contribution in [2.24, 2.45) is 0 Å². The van der Waals surface area contributed by atoms with Crippen molar-refractivity contribution in [2.75, 3.05) is 6.54 Å². The zero-order valence-corrected chi connectivity index (χ0v) is 9.48. The molecule has 4 nitrogen and oxygen atoms in total. The van der Waals surface area contributed by atoms with Crippen LogP contribution in [0.15, 0.2) is 18.3 Å². The highest BCUT2D eigenvalue weighted by Gasteiger charge is 2.18. The number of fused-ring (bicyclic) bond motifs is 1. The second-order valence-electron chi connectivity index (χ2n) is 4.48. The van der Waals surface area contributed by atoms with Gasteiger partial charge in [-0.1, -0.05) is 6.42 Å². The standard InChI is InChI=1S/C12H16N4/c1-9-5-7-16-11(8-9)14-12(15-16)10-4-2-3-6-13-10/h5,7-8,10,13H,2-4,6H2,1H3. The van der Waals surface area contributed by atoms with E-state index in [1.165, 1.54) is 18.4 Å². The molecule has 16 heavy (non-hydrogen) atoms. The molecule has 0 spiro atoms. The molecule has 0 aromatic carbocycles. The lowest BCUT2D eigenvalue weighted by Crippen LogP contribution is -2.27. The Morgan fingerprint density at radius 2 is 2.38 bits per heavy atom. The fourth-order valence-electron chi connectivity index (χ4n) is 2.22. The van der Waals surface area contributed by atoms with Crippen LogP contribution < -0.4 is 5.32 Å². The van der Waals surface area contributed by atoms with E-state index in [0.717, 1.165) is 24.4 Å². The Balaban J connectivity index is 1.97. The van der Waals surface area contributed by atoms with Crippen molar-refractivity contribution in [1.29, 1.82) is 0 Å². The minimum absolute atomic E-state index is 0.342. The quantitative estimate of drug-likeness (QED) is 0.791. The maximum atomic E-state index is 4.59. The topological polar surface area (TPSA) is 42.2 Å². The molecule has 4 heteroatoms. The number of hydrogen-bond donors (Lipinski definition) is 1. The van der Waals surface area contributed by atoms with Gasteiger partial charge in [0.05, 0.1) is 6.04 Å². The van der Waals surface area contributed by atoms with Crippen molar-refractivity contribution in [1.82, 2.24) is 19.9 Å². The summed E-state index contributed by atoms with van der Waals surface area (Å²) in [4.78, 5) is 4.59. The van der Waals surface area contributed by atoms with Gasteiger partial charge < -0.3 is 5.32 Å². The van der Waals surface area contributed by atoms with Gasteiger partial charge in [-0.15, -0.1) is 5.10 Å². The largest absolute Gasteiger partial charge is 0.307 e. The molecule has 1 fully saturated rings. The van der Waals surface area contributed by atoms with Crippen molar-refractivity contribution >= 4 is 5.65 Å². The van der Waals surface area contributed by atoms with Crippen molar-refractivity contribution in [2.45, 2.75) is 32.2 Å². The molecule has 1 aliphatic heterocycles. The molecule has 2 aromatic rings. The number of nitrogens with zero attached hydrogens (tertiary/aromatic N) is 3. The number of aromatic nitrogens is 3. The van der Waals surface area contributed by atoms with Crippen LogP contribution in [0.3, 0.4) is 0 Å². The summed E-state index contributed by atoms with van der Waals surface area (Å²) in [6.07, 6.45) is 5.66. The van der Waals surface area contributed by atoms with Gasteiger partial charge in [0, 0.05) is 6.20 Å². The summed E-state index contributed by atoms with van der Waals surface area (Å²) in [5.74, 6) is 0.935. The van der Waals surface area contributed by atoms with Gasteiger partial charge in [-0.05, 0) is 44.0 Å². The molecule has 3 rings (SSSR count). The van der Waals surface area contributed by atoms with Crippen molar-refractivity contribution in [3.05, 3.63) is 29.7 Å². The number of rotatable bonds is 1. The normalized spacial score (nSPS) is 21.4. The van der Waals surface area contributed by atoms with E-state index in [1.807, 2.05) is 10.7 Å². The molecule has 1 aliphatic rings. The molecule has 1 saturated heterocycles. The van der Waals surface area contributed by atoms with Gasteiger partial charge in [0.1, 0.15) is 0 Å². The Hall–Kier alpha value is -1.42. The number of hydrogen-bond acceptors (Lipinski definition) is 3. The highest BCUT2D eigenvalue weighted by molar-refractivity contribution is 5.40. The average molecular weight is 216 g/mol. The van der Waals surface area contributed by atoms with Crippen molar-refractivity contribution in [3.8, 4) is 0 Å². The molecule has 0 radical (unpaired) electrons. The number of pyridine rings is 1. The van der Waals surface area contributed by atoms with E-state index in [0.29, 0.717) is 6.04 Å². The zero-order chi connectivity index (χ0) is 11.0. The third-order valence-corrected chi connectivity index (χ3v) is 3.13. The molecule has 0 aliphatic carbocycles. The Labute approximate surface area is 94.7 Å². The highest BCUT2D eigenvalue weighted by atomic mass is 15.3. The lowest BCUT2D eigenvalue weighted by molar-refractivity contribution is 0.397. The van der Waals surface area contributed by atoms with Gasteiger partial charge in [-0.3, -0.25) is 0 Å². The molecule has 1 atom stereocenters. The first-order valence-corrected chi connectivity index (χ1v) is 5.89. The van der Waals surface area contributed by atoms with E-state index in [2.05, 4.69) is 34.5 Å². The Morgan fingerprint density at radius 3 is 3.19 bits per heavy atom. The van der Waals surface area contributed by atoms with Crippen LogP contribution in [0, 0.1) is 6.92 Å². The predicted octanol–water partition coefficient (Wildman–Crippen LogP) is 1.85. The van der Waals surface area contributed by atoms with Crippen LogP contribution in [0.2, 0.25) is 0 Å². The Morgan fingerprint density at radius 1 is 1.44 bits per heavy atom. The molecular formula is C12H16N4. The van der Waals surface area contributed by atoms with Gasteiger partial charge >= 0.3 is 0 Å². The fourth-order valence-corrected chi connectivity index (χ4v) is 2.22. The van der Waals surface area contributed by atoms with Gasteiger partial charge in [0.25, 0.3) is 0 Å². The van der Waals surface area contributed by atoms with E-state index < -0.39 is 0 Å². The van der Waals surface area contributed by atoms with E-state index in [4.69, 9.17) is 0 Å². The van der Waals surface area contributed by atoms with E-state index >= 15 is 0 Å². The van der Waals surface area contributed by atoms with Crippen LogP contribution in [0.4, 0.5) is 0 Å². The maximum absolute atomic E-state index is 4.59. The van der Waals surface area contributed by atoms with E-state index in [-0.39, 0.29) is 0 Å². The number of nitrogens with one attached hydrogen (secondary N) is 1. The molecule has 0 amide bonds. The van der Waals surface area contributed by atoms with Crippen LogP contribution >= 0.6 is 0 Å². The van der Waals surface area contributed by atoms with Gasteiger partial charge in [-0.25, -0.2) is 9.50 Å². The lowest BCUT2D eigenvalue weighted by Gasteiger charge is -2.20. The molecular weight excluding hydrogens is 200 g/mol. The van der Waals surface area contributed by atoms with Crippen LogP contribution in [0.25, 0.3) is 5.65 Å². The number of aryl methyl sites for hydroxylation is 1. The smallest absolute Gasteiger partial charge is 0.168 e. The molecule has 2 aromatic heterocycles. The second-order valence-corrected chi connectivity index (χ2v) is 4.48. The number of piperidine rings is 1. The molecule has 1 unspecified atom stereocenters. The van der Waals surface area contributed by atoms with E-state index in [1.54, 1.807) is 0 Å². The third-order valence-electron chi connectivity index (χ3n) is 3.13. The summed E-state index contributed by atoms with van der Waals surface area (Å²) in [6.45, 7) is 3.16. The Kier molecular flexibility index (Phi) is 2.36. The average Bonchev–Trinajstić information content (AvgIpc) is 2.73. The first-order chi connectivity index (χ1) is 7.83. The molecule has 0 saturated carbocycles.